The summed E-state index contributed by atoms with van der Waals surface area (Å²) in [6.45, 7) is 9.05. The summed E-state index contributed by atoms with van der Waals surface area (Å²) in [5.41, 5.74) is 0. The third kappa shape index (κ3) is 2.27. The lowest BCUT2D eigenvalue weighted by atomic mass is 10.3. The lowest BCUT2D eigenvalue weighted by molar-refractivity contribution is -0.557. The van der Waals surface area contributed by atoms with Gasteiger partial charge in [0.1, 0.15) is 0 Å². The Bertz CT molecular complexity index is 411. The smallest absolute Gasteiger partial charge is 0.209 e. The molecule has 5 heteroatoms. The van der Waals surface area contributed by atoms with Crippen molar-refractivity contribution in [1.82, 2.24) is 0 Å². The van der Waals surface area contributed by atoms with Gasteiger partial charge >= 0.3 is 0 Å². The van der Waals surface area contributed by atoms with Gasteiger partial charge in [0.25, 0.3) is 0 Å². The van der Waals surface area contributed by atoms with Crippen LogP contribution in [0.4, 0.5) is 0 Å². The van der Waals surface area contributed by atoms with E-state index in [-0.39, 0.29) is 11.1 Å². The first-order valence-corrected chi connectivity index (χ1v) is 6.58. The number of hydrogen-bond donors (Lipinski definition) is 0. The molecule has 0 radical (unpaired) electrons. The van der Waals surface area contributed by atoms with Crippen LogP contribution in [0.2, 0.25) is 0 Å². The molecule has 0 saturated carbocycles. The van der Waals surface area contributed by atoms with Crippen molar-refractivity contribution < 1.29 is 13.1 Å². The lowest BCUT2D eigenvalue weighted by Gasteiger charge is -2.17. The number of nitrogens with zero attached hydrogens (tertiary/aromatic N) is 2. The number of rotatable bonds is 1. The van der Waals surface area contributed by atoms with E-state index >= 15 is 0 Å². The van der Waals surface area contributed by atoms with Crippen LogP contribution in [0.25, 0.3) is 0 Å². The average Bonchev–Trinajstić information content (AvgIpc) is 2.49. The highest BCUT2D eigenvalue weighted by atomic mass is 32.2. The lowest BCUT2D eigenvalue weighted by Crippen LogP contribution is -2.33. The van der Waals surface area contributed by atoms with Crippen molar-refractivity contribution in [3.63, 3.8) is 0 Å². The first-order chi connectivity index (χ1) is 6.66. The highest BCUT2D eigenvalue weighted by molar-refractivity contribution is 8.07. The molecule has 0 aromatic rings. The Balaban J connectivity index is 3.02. The molecule has 1 rings (SSSR count). The van der Waals surface area contributed by atoms with Crippen LogP contribution in [-0.4, -0.2) is 35.1 Å². The summed E-state index contributed by atoms with van der Waals surface area (Å²) in [5.74, 6) is 0. The maximum Gasteiger partial charge on any atom is 0.209 e. The van der Waals surface area contributed by atoms with E-state index in [0.29, 0.717) is 6.42 Å². The van der Waals surface area contributed by atoms with Gasteiger partial charge in [-0.05, 0) is 34.6 Å². The minimum Gasteiger partial charge on any atom is -0.222 e. The molecule has 0 bridgehead atoms. The molecule has 0 saturated heterocycles. The zero-order chi connectivity index (χ0) is 11.9. The molecule has 1 heterocycles. The fraction of sp³-hybridized carbons (Fsp3) is 0.800. The van der Waals surface area contributed by atoms with Gasteiger partial charge in [0.05, 0.1) is 11.2 Å². The highest BCUT2D eigenvalue weighted by Gasteiger charge is 2.38. The van der Waals surface area contributed by atoms with Gasteiger partial charge in [-0.3, -0.25) is 0 Å². The molecule has 0 aromatic carbocycles. The van der Waals surface area contributed by atoms with Crippen molar-refractivity contribution in [1.29, 1.82) is 0 Å². The maximum absolute atomic E-state index is 12.0. The molecule has 0 spiro atoms. The Hall–Kier alpha value is -0.710. The van der Waals surface area contributed by atoms with Crippen LogP contribution >= 0.6 is 0 Å². The van der Waals surface area contributed by atoms with E-state index in [0.717, 1.165) is 0 Å². The minimum atomic E-state index is -3.27. The largest absolute Gasteiger partial charge is 0.222 e. The van der Waals surface area contributed by atoms with Crippen molar-refractivity contribution in [3.8, 4) is 0 Å². The molecule has 86 valence electrons. The van der Waals surface area contributed by atoms with Crippen molar-refractivity contribution in [2.45, 2.75) is 51.8 Å². The van der Waals surface area contributed by atoms with E-state index in [4.69, 9.17) is 0 Å². The Kier molecular flexibility index (Phi) is 3.05. The summed E-state index contributed by atoms with van der Waals surface area (Å²) < 4.78 is 25.0. The van der Waals surface area contributed by atoms with Gasteiger partial charge in [0.2, 0.25) is 14.9 Å². The van der Waals surface area contributed by atoms with Crippen LogP contribution in [0.15, 0.2) is 5.10 Å². The summed E-state index contributed by atoms with van der Waals surface area (Å²) in [7, 11) is -3.27. The third-order valence-corrected chi connectivity index (χ3v) is 4.81. The molecule has 15 heavy (non-hydrogen) atoms. The van der Waals surface area contributed by atoms with Gasteiger partial charge in [0.15, 0.2) is 12.3 Å². The van der Waals surface area contributed by atoms with Gasteiger partial charge in [-0.2, -0.15) is 0 Å². The number of hydrazone groups is 1. The predicted molar refractivity (Wildman–Crippen MR) is 62.2 cm³/mol. The van der Waals surface area contributed by atoms with Crippen molar-refractivity contribution in [2.75, 3.05) is 0 Å². The monoisotopic (exact) mass is 231 g/mol. The van der Waals surface area contributed by atoms with Crippen LogP contribution in [-0.2, 0) is 9.84 Å². The van der Waals surface area contributed by atoms with Crippen LogP contribution < -0.4 is 0 Å². The maximum atomic E-state index is 12.0. The molecule has 0 unspecified atom stereocenters. The summed E-state index contributed by atoms with van der Waals surface area (Å²) in [4.78, 5) is 0. The van der Waals surface area contributed by atoms with E-state index in [1.165, 1.54) is 0 Å². The predicted octanol–water partition coefficient (Wildman–Crippen LogP) is 1.41. The second-order valence-corrected chi connectivity index (χ2v) is 7.67. The van der Waals surface area contributed by atoms with E-state index < -0.39 is 14.6 Å². The molecule has 0 aliphatic carbocycles. The highest BCUT2D eigenvalue weighted by Crippen LogP contribution is 2.20. The van der Waals surface area contributed by atoms with Gasteiger partial charge in [-0.15, -0.1) is 0 Å². The molecule has 0 amide bonds. The van der Waals surface area contributed by atoms with Gasteiger partial charge < -0.3 is 0 Å². The van der Waals surface area contributed by atoms with Gasteiger partial charge in [0, 0.05) is 5.10 Å². The van der Waals surface area contributed by atoms with Crippen molar-refractivity contribution in [3.05, 3.63) is 0 Å². The molecule has 0 fully saturated rings. The molecule has 4 nitrogen and oxygen atoms in total. The number of hydrogen-bond acceptors (Lipinski definition) is 3. The fourth-order valence-electron chi connectivity index (χ4n) is 1.23. The minimum absolute atomic E-state index is 0.206. The molecule has 0 N–H and O–H groups in total. The van der Waals surface area contributed by atoms with E-state index in [1.807, 2.05) is 20.1 Å². The van der Waals surface area contributed by atoms with Crippen molar-refractivity contribution >= 4 is 21.1 Å². The summed E-state index contributed by atoms with van der Waals surface area (Å²) in [5, 5.41) is 4.41. The zero-order valence-corrected chi connectivity index (χ0v) is 10.8. The van der Waals surface area contributed by atoms with E-state index in [2.05, 4.69) is 5.10 Å². The van der Waals surface area contributed by atoms with E-state index in [1.54, 1.807) is 25.5 Å². The van der Waals surface area contributed by atoms with Crippen LogP contribution in [0.1, 0.15) is 41.0 Å². The van der Waals surface area contributed by atoms with Gasteiger partial charge in [-0.25, -0.2) is 8.42 Å². The fourth-order valence-corrected chi connectivity index (χ4v) is 2.43. The summed E-state index contributed by atoms with van der Waals surface area (Å²) in [6.07, 6.45) is 2.24. The topological polar surface area (TPSA) is 49.5 Å². The normalized spacial score (nSPS) is 18.0. The number of sulfone groups is 1. The van der Waals surface area contributed by atoms with Gasteiger partial charge in [-0.1, -0.05) is 4.68 Å². The third-order valence-electron chi connectivity index (χ3n) is 2.33. The molecule has 0 atom stereocenters. The van der Waals surface area contributed by atoms with E-state index in [9.17, 15) is 8.42 Å². The quantitative estimate of drug-likeness (QED) is 0.641. The molecular formula is C10H19N2O2S+. The standard InChI is InChI=1S/C10H19N2O2S/c1-8(2)12-7-6-9(11-12)15(13,14)10(3,4)5/h7-8H,6H2,1-5H3/q+1. The second kappa shape index (κ2) is 3.70. The molecular weight excluding hydrogens is 212 g/mol. The Morgan fingerprint density at radius 2 is 1.93 bits per heavy atom. The molecule has 1 aliphatic heterocycles. The summed E-state index contributed by atoms with van der Waals surface area (Å²) in [6, 6.07) is 0.206. The van der Waals surface area contributed by atoms with Crippen LogP contribution in [0, 0.1) is 0 Å². The zero-order valence-electron chi connectivity index (χ0n) is 9.98. The first kappa shape index (κ1) is 12.4. The summed E-state index contributed by atoms with van der Waals surface area (Å²) >= 11 is 0. The van der Waals surface area contributed by atoms with Crippen LogP contribution in [0.3, 0.4) is 0 Å². The Morgan fingerprint density at radius 3 is 2.27 bits per heavy atom. The Labute approximate surface area is 91.6 Å². The second-order valence-electron chi connectivity index (χ2n) is 4.97. The Morgan fingerprint density at radius 1 is 1.40 bits per heavy atom. The van der Waals surface area contributed by atoms with Crippen LogP contribution in [0.5, 0.6) is 0 Å². The SMILES string of the molecule is CC(C)[N+]1=CCC(S(=O)(=O)C(C)(C)C)=N1. The first-order valence-electron chi connectivity index (χ1n) is 5.10. The van der Waals surface area contributed by atoms with Crippen molar-refractivity contribution in [2.24, 2.45) is 5.10 Å². The molecule has 1 aliphatic rings. The molecule has 0 aromatic heterocycles. The average molecular weight is 231 g/mol.